The first-order valence-electron chi connectivity index (χ1n) is 10.7. The highest BCUT2D eigenvalue weighted by Crippen LogP contribution is 2.25. The normalized spacial score (nSPS) is 13.4. The number of carbonyl (C=O) groups excluding carboxylic acids is 1. The number of anilines is 1. The van der Waals surface area contributed by atoms with E-state index in [9.17, 15) is 9.59 Å². The van der Waals surface area contributed by atoms with Gasteiger partial charge >= 0.3 is 0 Å². The van der Waals surface area contributed by atoms with Crippen molar-refractivity contribution in [2.24, 2.45) is 0 Å². The van der Waals surface area contributed by atoms with Gasteiger partial charge in [0, 0.05) is 31.9 Å². The van der Waals surface area contributed by atoms with Crippen molar-refractivity contribution >= 4 is 22.6 Å². The predicted molar refractivity (Wildman–Crippen MR) is 120 cm³/mol. The second-order valence-corrected chi connectivity index (χ2v) is 7.75. The second kappa shape index (κ2) is 8.30. The number of aromatic nitrogens is 2. The molecule has 0 atom stereocenters. The molecular weight excluding hydrogens is 376 g/mol. The van der Waals surface area contributed by atoms with Crippen LogP contribution in [0.4, 0.5) is 5.69 Å². The minimum absolute atomic E-state index is 0.209. The van der Waals surface area contributed by atoms with Gasteiger partial charge in [-0.25, -0.2) is 4.98 Å². The third-order valence-electron chi connectivity index (χ3n) is 5.96. The van der Waals surface area contributed by atoms with Gasteiger partial charge in [-0.05, 0) is 50.8 Å². The summed E-state index contributed by atoms with van der Waals surface area (Å²) in [6.07, 6.45) is 5.34. The highest BCUT2D eigenvalue weighted by Gasteiger charge is 2.22. The zero-order chi connectivity index (χ0) is 21.3. The number of aryl methyl sites for hydroxylation is 1. The lowest BCUT2D eigenvalue weighted by Crippen LogP contribution is -2.34. The summed E-state index contributed by atoms with van der Waals surface area (Å²) >= 11 is 0. The van der Waals surface area contributed by atoms with Crippen LogP contribution in [-0.4, -0.2) is 39.5 Å². The van der Waals surface area contributed by atoms with E-state index in [0.29, 0.717) is 30.7 Å². The van der Waals surface area contributed by atoms with Gasteiger partial charge in [0.05, 0.1) is 17.3 Å². The zero-order valence-corrected chi connectivity index (χ0v) is 17.8. The molecule has 0 bridgehead atoms. The third-order valence-corrected chi connectivity index (χ3v) is 5.96. The Labute approximate surface area is 176 Å². The molecule has 4 rings (SSSR count). The minimum atomic E-state index is -0.252. The molecule has 0 spiro atoms. The van der Waals surface area contributed by atoms with E-state index in [-0.39, 0.29) is 22.9 Å². The molecule has 0 aliphatic heterocycles. The van der Waals surface area contributed by atoms with Crippen LogP contribution in [0.3, 0.4) is 0 Å². The fourth-order valence-electron chi connectivity index (χ4n) is 4.32. The van der Waals surface area contributed by atoms with Crippen LogP contribution >= 0.6 is 0 Å². The third kappa shape index (κ3) is 3.58. The summed E-state index contributed by atoms with van der Waals surface area (Å²) in [7, 11) is 0. The van der Waals surface area contributed by atoms with E-state index in [1.54, 1.807) is 17.3 Å². The molecule has 2 aromatic heterocycles. The van der Waals surface area contributed by atoms with Gasteiger partial charge in [-0.2, -0.15) is 0 Å². The number of hydrogen-bond acceptors (Lipinski definition) is 4. The maximum Gasteiger partial charge on any atom is 0.259 e. The molecule has 1 amide bonds. The van der Waals surface area contributed by atoms with Crippen LogP contribution in [0.25, 0.3) is 11.0 Å². The quantitative estimate of drug-likeness (QED) is 0.683. The van der Waals surface area contributed by atoms with E-state index in [2.05, 4.69) is 34.6 Å². The van der Waals surface area contributed by atoms with Crippen molar-refractivity contribution in [2.75, 3.05) is 18.4 Å². The van der Waals surface area contributed by atoms with Crippen molar-refractivity contribution in [1.29, 1.82) is 0 Å². The van der Waals surface area contributed by atoms with Crippen LogP contribution in [-0.2, 0) is 19.4 Å². The molecule has 2 heterocycles. The Morgan fingerprint density at radius 1 is 1.17 bits per heavy atom. The fourth-order valence-corrected chi connectivity index (χ4v) is 4.32. The lowest BCUT2D eigenvalue weighted by Gasteiger charge is -2.20. The van der Waals surface area contributed by atoms with Crippen molar-refractivity contribution in [1.82, 2.24) is 14.5 Å². The summed E-state index contributed by atoms with van der Waals surface area (Å²) in [5.74, 6) is -0.223. The first-order valence-corrected chi connectivity index (χ1v) is 10.7. The summed E-state index contributed by atoms with van der Waals surface area (Å²) < 4.78 is 1.88. The zero-order valence-electron chi connectivity index (χ0n) is 17.8. The van der Waals surface area contributed by atoms with E-state index in [1.165, 1.54) is 11.1 Å². The molecule has 0 saturated carbocycles. The van der Waals surface area contributed by atoms with Gasteiger partial charge < -0.3 is 14.8 Å². The van der Waals surface area contributed by atoms with E-state index in [0.717, 1.165) is 18.5 Å². The summed E-state index contributed by atoms with van der Waals surface area (Å²) in [6.45, 7) is 7.60. The highest BCUT2D eigenvalue weighted by molar-refractivity contribution is 5.97. The number of hydrogen-bond donors (Lipinski definition) is 1. The van der Waals surface area contributed by atoms with Crippen LogP contribution in [0.5, 0.6) is 0 Å². The Morgan fingerprint density at radius 3 is 2.43 bits per heavy atom. The number of benzene rings is 1. The topological polar surface area (TPSA) is 67.2 Å². The largest absolute Gasteiger partial charge is 0.380 e. The van der Waals surface area contributed by atoms with Crippen LogP contribution in [0.15, 0.2) is 47.5 Å². The molecule has 6 nitrogen and oxygen atoms in total. The van der Waals surface area contributed by atoms with Gasteiger partial charge in [0.1, 0.15) is 11.2 Å². The SMILES string of the molecule is CCN(CC)C(=O)c1cn(CC)c2ncc(NC3Cc4ccccc4C3)cc2c1=O. The van der Waals surface area contributed by atoms with Crippen LogP contribution in [0.2, 0.25) is 0 Å². The van der Waals surface area contributed by atoms with E-state index in [1.807, 2.05) is 31.4 Å². The summed E-state index contributed by atoms with van der Waals surface area (Å²) in [5, 5.41) is 4.01. The molecule has 6 heteroatoms. The average molecular weight is 405 g/mol. The van der Waals surface area contributed by atoms with Crippen molar-refractivity contribution in [3.8, 4) is 0 Å². The number of pyridine rings is 2. The van der Waals surface area contributed by atoms with Crippen LogP contribution < -0.4 is 10.7 Å². The Morgan fingerprint density at radius 2 is 1.83 bits per heavy atom. The van der Waals surface area contributed by atoms with Gasteiger partial charge in [0.25, 0.3) is 5.91 Å². The highest BCUT2D eigenvalue weighted by atomic mass is 16.2. The first kappa shape index (κ1) is 20.1. The van der Waals surface area contributed by atoms with Gasteiger partial charge in [-0.1, -0.05) is 24.3 Å². The molecule has 3 aromatic rings. The summed E-state index contributed by atoms with van der Waals surface area (Å²) in [6, 6.07) is 10.6. The van der Waals surface area contributed by atoms with E-state index < -0.39 is 0 Å². The molecule has 0 saturated heterocycles. The van der Waals surface area contributed by atoms with Gasteiger partial charge in [0.2, 0.25) is 5.43 Å². The van der Waals surface area contributed by atoms with E-state index in [4.69, 9.17) is 0 Å². The number of amides is 1. The summed E-state index contributed by atoms with van der Waals surface area (Å²) in [4.78, 5) is 32.4. The van der Waals surface area contributed by atoms with E-state index >= 15 is 0 Å². The predicted octanol–water partition coefficient (Wildman–Crippen LogP) is 3.48. The molecule has 1 N–H and O–H groups in total. The number of rotatable bonds is 6. The lowest BCUT2D eigenvalue weighted by atomic mass is 10.1. The minimum Gasteiger partial charge on any atom is -0.380 e. The first-order chi connectivity index (χ1) is 14.5. The van der Waals surface area contributed by atoms with Crippen molar-refractivity contribution in [3.05, 3.63) is 69.6 Å². The Kier molecular flexibility index (Phi) is 5.57. The smallest absolute Gasteiger partial charge is 0.259 e. The number of carbonyl (C=O) groups is 1. The van der Waals surface area contributed by atoms with Gasteiger partial charge in [-0.3, -0.25) is 9.59 Å². The van der Waals surface area contributed by atoms with Crippen LogP contribution in [0, 0.1) is 0 Å². The maximum absolute atomic E-state index is 13.2. The molecule has 1 aliphatic rings. The molecule has 30 heavy (non-hydrogen) atoms. The number of nitrogens with one attached hydrogen (secondary N) is 1. The molecule has 0 radical (unpaired) electrons. The Bertz CT molecular complexity index is 1120. The molecule has 1 aromatic carbocycles. The average Bonchev–Trinajstić information content (AvgIpc) is 3.17. The molecule has 0 unspecified atom stereocenters. The number of fused-ring (bicyclic) bond motifs is 2. The van der Waals surface area contributed by atoms with Crippen molar-refractivity contribution in [3.63, 3.8) is 0 Å². The molecule has 0 fully saturated rings. The summed E-state index contributed by atoms with van der Waals surface area (Å²) in [5.41, 5.74) is 4.11. The van der Waals surface area contributed by atoms with Crippen LogP contribution in [0.1, 0.15) is 42.3 Å². The van der Waals surface area contributed by atoms with Crippen molar-refractivity contribution < 1.29 is 4.79 Å². The Balaban J connectivity index is 1.70. The number of nitrogens with zero attached hydrogens (tertiary/aromatic N) is 3. The lowest BCUT2D eigenvalue weighted by molar-refractivity contribution is 0.0771. The van der Waals surface area contributed by atoms with Gasteiger partial charge in [0.15, 0.2) is 0 Å². The molecule has 1 aliphatic carbocycles. The monoisotopic (exact) mass is 404 g/mol. The second-order valence-electron chi connectivity index (χ2n) is 7.75. The molecule has 156 valence electrons. The molecular formula is C24H28N4O2. The Hall–Kier alpha value is -3.15. The maximum atomic E-state index is 13.2. The standard InChI is InChI=1S/C24H28N4O2/c1-4-27(5-2)24(30)21-15-28(6-3)23-20(22(21)29)13-19(14-25-23)26-18-11-16-9-7-8-10-17(16)12-18/h7-10,13-15,18,26H,4-6,11-12H2,1-3H3. The van der Waals surface area contributed by atoms with Crippen molar-refractivity contribution in [2.45, 2.75) is 46.2 Å². The van der Waals surface area contributed by atoms with Gasteiger partial charge in [-0.15, -0.1) is 0 Å². The fraction of sp³-hybridized carbons (Fsp3) is 0.375.